The number of hydrogen-bond donors (Lipinski definition) is 0. The molecule has 15 heavy (non-hydrogen) atoms. The molecule has 0 saturated heterocycles. The number of hydrogen-bond acceptors (Lipinski definition) is 6. The first-order valence-corrected chi connectivity index (χ1v) is 4.48. The molecule has 1 rings (SSSR count). The second kappa shape index (κ2) is 6.15. The maximum Gasteiger partial charge on any atom is 0.366 e. The Labute approximate surface area is 86.7 Å². The van der Waals surface area contributed by atoms with Crippen molar-refractivity contribution in [3.05, 3.63) is 12.2 Å². The fourth-order valence-electron chi connectivity index (χ4n) is 0.843. The minimum atomic E-state index is -0.763. The van der Waals surface area contributed by atoms with E-state index in [1.807, 2.05) is 0 Å². The van der Waals surface area contributed by atoms with Crippen molar-refractivity contribution in [2.45, 2.75) is 13.0 Å². The summed E-state index contributed by atoms with van der Waals surface area (Å²) >= 11 is 0. The molecule has 6 heteroatoms. The summed E-state index contributed by atoms with van der Waals surface area (Å²) in [6.45, 7) is 2.29. The van der Waals surface area contributed by atoms with E-state index >= 15 is 0 Å². The summed E-state index contributed by atoms with van der Waals surface area (Å²) in [4.78, 5) is 30.6. The Balaban J connectivity index is 2.49. The van der Waals surface area contributed by atoms with E-state index in [9.17, 15) is 9.59 Å². The normalized spacial score (nSPS) is 26.9. The van der Waals surface area contributed by atoms with Gasteiger partial charge in [0.25, 0.3) is 0 Å². The Hall–Kier alpha value is -1.40. The van der Waals surface area contributed by atoms with Crippen molar-refractivity contribution in [3.8, 4) is 0 Å². The zero-order chi connectivity index (χ0) is 11.1. The molecule has 1 unspecified atom stereocenters. The van der Waals surface area contributed by atoms with Crippen LogP contribution in [-0.4, -0.2) is 37.9 Å². The van der Waals surface area contributed by atoms with E-state index < -0.39 is 11.9 Å². The summed E-state index contributed by atoms with van der Waals surface area (Å²) in [5, 5.41) is 0. The van der Waals surface area contributed by atoms with Gasteiger partial charge in [-0.05, 0) is 6.92 Å². The number of carbonyl (C=O) groups excluding carboxylic acids is 2. The Kier molecular flexibility index (Phi) is 4.79. The van der Waals surface area contributed by atoms with Crippen molar-refractivity contribution in [2.24, 2.45) is 0 Å². The molecule has 0 aromatic rings. The molecule has 0 saturated carbocycles. The van der Waals surface area contributed by atoms with Crippen LogP contribution in [-0.2, 0) is 28.8 Å². The Morgan fingerprint density at radius 3 is 2.73 bits per heavy atom. The third-order valence-corrected chi connectivity index (χ3v) is 1.53. The molecular weight excluding hydrogens is 204 g/mol. The monoisotopic (exact) mass is 216 g/mol. The van der Waals surface area contributed by atoms with Crippen molar-refractivity contribution >= 4 is 11.9 Å². The van der Waals surface area contributed by atoms with Gasteiger partial charge in [0.15, 0.2) is 0 Å². The van der Waals surface area contributed by atoms with Gasteiger partial charge in [0.2, 0.25) is 0 Å². The third kappa shape index (κ3) is 5.14. The van der Waals surface area contributed by atoms with Crippen molar-refractivity contribution < 1.29 is 28.8 Å². The highest BCUT2D eigenvalue weighted by atomic mass is 17.2. The molecule has 1 heterocycles. The average molecular weight is 216 g/mol. The van der Waals surface area contributed by atoms with Gasteiger partial charge in [-0.25, -0.2) is 9.59 Å². The molecule has 1 aliphatic rings. The number of rotatable bonds is 0. The summed E-state index contributed by atoms with van der Waals surface area (Å²) < 4.78 is 9.96. The van der Waals surface area contributed by atoms with E-state index in [4.69, 9.17) is 9.47 Å². The summed E-state index contributed by atoms with van der Waals surface area (Å²) in [5.74, 6) is -1.39. The van der Waals surface area contributed by atoms with Crippen molar-refractivity contribution in [2.75, 3.05) is 19.8 Å². The highest BCUT2D eigenvalue weighted by Gasteiger charge is 2.08. The minimum Gasteiger partial charge on any atom is -0.460 e. The Bertz CT molecular complexity index is 259. The lowest BCUT2D eigenvalue weighted by Gasteiger charge is -2.12. The maximum absolute atomic E-state index is 11.0. The SMILES string of the molecule is CC1COC(=O)/C=C/C(=O)OOCCO1. The third-order valence-electron chi connectivity index (χ3n) is 1.53. The van der Waals surface area contributed by atoms with Crippen LogP contribution in [0.1, 0.15) is 6.92 Å². The van der Waals surface area contributed by atoms with Crippen molar-refractivity contribution in [1.82, 2.24) is 0 Å². The van der Waals surface area contributed by atoms with Crippen LogP contribution in [0.15, 0.2) is 12.2 Å². The number of carbonyl (C=O) groups is 2. The Morgan fingerprint density at radius 2 is 1.93 bits per heavy atom. The summed E-state index contributed by atoms with van der Waals surface area (Å²) in [7, 11) is 0. The average Bonchev–Trinajstić information content (AvgIpc) is 2.21. The van der Waals surface area contributed by atoms with Crippen molar-refractivity contribution in [1.29, 1.82) is 0 Å². The van der Waals surface area contributed by atoms with E-state index in [1.54, 1.807) is 6.92 Å². The van der Waals surface area contributed by atoms with Crippen LogP contribution >= 0.6 is 0 Å². The first kappa shape index (κ1) is 11.7. The number of ether oxygens (including phenoxy) is 2. The standard InChI is InChI=1S/C9H12O6/c1-7-6-13-8(10)2-3-9(11)15-14-5-4-12-7/h2-3,7H,4-6H2,1H3/b3-2+. The molecule has 84 valence electrons. The lowest BCUT2D eigenvalue weighted by atomic mass is 10.4. The van der Waals surface area contributed by atoms with Gasteiger partial charge in [-0.1, -0.05) is 0 Å². The molecule has 6 nitrogen and oxygen atoms in total. The zero-order valence-corrected chi connectivity index (χ0v) is 8.30. The number of esters is 1. The van der Waals surface area contributed by atoms with E-state index in [0.717, 1.165) is 12.2 Å². The molecule has 0 aromatic carbocycles. The topological polar surface area (TPSA) is 71.1 Å². The maximum atomic E-state index is 11.0. The summed E-state index contributed by atoms with van der Waals surface area (Å²) in [6.07, 6.45) is 1.69. The van der Waals surface area contributed by atoms with Gasteiger partial charge < -0.3 is 9.47 Å². The molecule has 0 radical (unpaired) electrons. The summed E-state index contributed by atoms with van der Waals surface area (Å²) in [5.41, 5.74) is 0. The van der Waals surface area contributed by atoms with Crippen molar-refractivity contribution in [3.63, 3.8) is 0 Å². The van der Waals surface area contributed by atoms with Crippen LogP contribution in [0, 0.1) is 0 Å². The molecule has 1 atom stereocenters. The molecule has 0 bridgehead atoms. The van der Waals surface area contributed by atoms with E-state index in [1.165, 1.54) is 0 Å². The second-order valence-electron chi connectivity index (χ2n) is 2.87. The lowest BCUT2D eigenvalue weighted by Crippen LogP contribution is -2.21. The number of cyclic esters (lactones) is 1. The predicted octanol–water partition coefficient (Wildman–Crippen LogP) is -0.0207. The minimum absolute atomic E-state index is 0.137. The highest BCUT2D eigenvalue weighted by molar-refractivity contribution is 5.91. The van der Waals surface area contributed by atoms with Gasteiger partial charge in [0.05, 0.1) is 12.7 Å². The lowest BCUT2D eigenvalue weighted by molar-refractivity contribution is -0.273. The molecular formula is C9H12O6. The second-order valence-corrected chi connectivity index (χ2v) is 2.87. The quantitative estimate of drug-likeness (QED) is 0.418. The highest BCUT2D eigenvalue weighted by Crippen LogP contribution is 1.96. The van der Waals surface area contributed by atoms with E-state index in [0.29, 0.717) is 0 Å². The fraction of sp³-hybridized carbons (Fsp3) is 0.556. The van der Waals surface area contributed by atoms with Gasteiger partial charge in [0.1, 0.15) is 13.2 Å². The van der Waals surface area contributed by atoms with Crippen LogP contribution in [0.3, 0.4) is 0 Å². The molecule has 1 aliphatic heterocycles. The molecule has 0 N–H and O–H groups in total. The summed E-state index contributed by atoms with van der Waals surface area (Å²) in [6, 6.07) is 0. The predicted molar refractivity (Wildman–Crippen MR) is 47.6 cm³/mol. The van der Waals surface area contributed by atoms with Gasteiger partial charge in [-0.15, -0.1) is 0 Å². The van der Waals surface area contributed by atoms with Gasteiger partial charge in [-0.3, -0.25) is 4.89 Å². The largest absolute Gasteiger partial charge is 0.460 e. The van der Waals surface area contributed by atoms with Crippen LogP contribution < -0.4 is 0 Å². The first-order valence-electron chi connectivity index (χ1n) is 4.48. The van der Waals surface area contributed by atoms with Crippen LogP contribution in [0.25, 0.3) is 0 Å². The van der Waals surface area contributed by atoms with E-state index in [2.05, 4.69) is 9.78 Å². The molecule has 0 aromatic heterocycles. The van der Waals surface area contributed by atoms with Crippen LogP contribution in [0.4, 0.5) is 0 Å². The van der Waals surface area contributed by atoms with Gasteiger partial charge in [0, 0.05) is 12.2 Å². The first-order chi connectivity index (χ1) is 7.18. The molecule has 0 fully saturated rings. The smallest absolute Gasteiger partial charge is 0.366 e. The van der Waals surface area contributed by atoms with Crippen LogP contribution in [0.2, 0.25) is 0 Å². The zero-order valence-electron chi connectivity index (χ0n) is 8.30. The molecule has 0 amide bonds. The van der Waals surface area contributed by atoms with Gasteiger partial charge >= 0.3 is 11.9 Å². The Morgan fingerprint density at radius 1 is 1.20 bits per heavy atom. The van der Waals surface area contributed by atoms with Crippen LogP contribution in [0.5, 0.6) is 0 Å². The molecule has 0 aliphatic carbocycles. The fourth-order valence-corrected chi connectivity index (χ4v) is 0.843. The van der Waals surface area contributed by atoms with E-state index in [-0.39, 0.29) is 25.9 Å². The van der Waals surface area contributed by atoms with Gasteiger partial charge in [-0.2, -0.15) is 4.89 Å². The molecule has 0 spiro atoms.